The molecule has 5 nitrogen and oxygen atoms in total. The lowest BCUT2D eigenvalue weighted by molar-refractivity contribution is -0.121. The molecule has 26 heavy (non-hydrogen) atoms. The molecule has 134 valence electrons. The van der Waals surface area contributed by atoms with Crippen LogP contribution >= 0.6 is 0 Å². The Labute approximate surface area is 152 Å². The number of anilines is 1. The van der Waals surface area contributed by atoms with Gasteiger partial charge in [0.15, 0.2) is 5.82 Å². The molecule has 0 aliphatic heterocycles. The smallest absolute Gasteiger partial charge is 0.246 e. The minimum absolute atomic E-state index is 0.202. The van der Waals surface area contributed by atoms with E-state index in [4.69, 9.17) is 0 Å². The summed E-state index contributed by atoms with van der Waals surface area (Å²) in [5.41, 5.74) is 1.63. The SMILES string of the molecule is CCN(C)[C@H](C(=O)Nc1ccc(-n2cccn2)c(F)c1)c1ccccc1. The second kappa shape index (κ2) is 7.93. The van der Waals surface area contributed by atoms with Crippen LogP contribution in [0, 0.1) is 5.82 Å². The van der Waals surface area contributed by atoms with E-state index >= 15 is 0 Å². The van der Waals surface area contributed by atoms with Gasteiger partial charge in [0, 0.05) is 18.1 Å². The van der Waals surface area contributed by atoms with E-state index in [0.29, 0.717) is 17.9 Å². The predicted octanol–water partition coefficient (Wildman–Crippen LogP) is 3.64. The molecule has 1 heterocycles. The molecular formula is C20H21FN4O. The molecule has 0 aliphatic rings. The van der Waals surface area contributed by atoms with Gasteiger partial charge in [-0.25, -0.2) is 9.07 Å². The Kier molecular flexibility index (Phi) is 5.43. The largest absolute Gasteiger partial charge is 0.324 e. The summed E-state index contributed by atoms with van der Waals surface area (Å²) < 4.78 is 15.8. The van der Waals surface area contributed by atoms with Crippen molar-refractivity contribution in [2.75, 3.05) is 18.9 Å². The molecule has 0 fully saturated rings. The van der Waals surface area contributed by atoms with E-state index in [-0.39, 0.29) is 5.91 Å². The van der Waals surface area contributed by atoms with Gasteiger partial charge in [0.05, 0.1) is 0 Å². The number of carbonyl (C=O) groups is 1. The van der Waals surface area contributed by atoms with Crippen molar-refractivity contribution in [2.24, 2.45) is 0 Å². The molecule has 2 aromatic carbocycles. The number of carbonyl (C=O) groups excluding carboxylic acids is 1. The average Bonchev–Trinajstić information content (AvgIpc) is 3.17. The monoisotopic (exact) mass is 352 g/mol. The van der Waals surface area contributed by atoms with Gasteiger partial charge >= 0.3 is 0 Å². The van der Waals surface area contributed by atoms with Crippen LogP contribution in [0.5, 0.6) is 0 Å². The van der Waals surface area contributed by atoms with Crippen LogP contribution in [0.3, 0.4) is 0 Å². The van der Waals surface area contributed by atoms with Crippen molar-refractivity contribution in [1.29, 1.82) is 0 Å². The highest BCUT2D eigenvalue weighted by Crippen LogP contribution is 2.23. The molecule has 0 saturated carbocycles. The predicted molar refractivity (Wildman–Crippen MR) is 99.6 cm³/mol. The van der Waals surface area contributed by atoms with Gasteiger partial charge in [-0.2, -0.15) is 5.10 Å². The summed E-state index contributed by atoms with van der Waals surface area (Å²) in [6.45, 7) is 2.70. The Morgan fingerprint density at radius 3 is 2.62 bits per heavy atom. The lowest BCUT2D eigenvalue weighted by atomic mass is 10.0. The molecule has 1 amide bonds. The van der Waals surface area contributed by atoms with Crippen molar-refractivity contribution in [2.45, 2.75) is 13.0 Å². The van der Waals surface area contributed by atoms with E-state index in [1.807, 2.05) is 49.2 Å². The van der Waals surface area contributed by atoms with Gasteiger partial charge in [0.25, 0.3) is 0 Å². The normalized spacial score (nSPS) is 12.2. The van der Waals surface area contributed by atoms with E-state index in [1.165, 1.54) is 10.7 Å². The number of nitrogens with one attached hydrogen (secondary N) is 1. The van der Waals surface area contributed by atoms with E-state index in [0.717, 1.165) is 5.56 Å². The van der Waals surface area contributed by atoms with Gasteiger partial charge < -0.3 is 5.32 Å². The minimum atomic E-state index is -0.452. The fourth-order valence-corrected chi connectivity index (χ4v) is 2.82. The first-order valence-electron chi connectivity index (χ1n) is 8.45. The van der Waals surface area contributed by atoms with Gasteiger partial charge in [-0.05, 0) is 43.4 Å². The number of nitrogens with zero attached hydrogens (tertiary/aromatic N) is 3. The Hall–Kier alpha value is -2.99. The standard InChI is InChI=1S/C20H21FN4O/c1-3-24(2)19(15-8-5-4-6-9-15)20(26)23-16-10-11-18(17(21)14-16)25-13-7-12-22-25/h4-14,19H,3H2,1-2H3,(H,23,26)/t19-/m0/s1. The Bertz CT molecular complexity index is 865. The third kappa shape index (κ3) is 3.81. The Morgan fingerprint density at radius 1 is 1.23 bits per heavy atom. The highest BCUT2D eigenvalue weighted by molar-refractivity contribution is 5.95. The van der Waals surface area contributed by atoms with Crippen molar-refractivity contribution >= 4 is 11.6 Å². The van der Waals surface area contributed by atoms with Crippen LogP contribution in [0.2, 0.25) is 0 Å². The number of rotatable bonds is 6. The maximum atomic E-state index is 14.4. The molecule has 0 spiro atoms. The summed E-state index contributed by atoms with van der Waals surface area (Å²) in [5, 5.41) is 6.84. The molecule has 1 N–H and O–H groups in total. The Balaban J connectivity index is 1.82. The quantitative estimate of drug-likeness (QED) is 0.737. The molecule has 3 rings (SSSR count). The third-order valence-electron chi connectivity index (χ3n) is 4.27. The highest BCUT2D eigenvalue weighted by Gasteiger charge is 2.24. The first kappa shape index (κ1) is 17.8. The summed E-state index contributed by atoms with van der Waals surface area (Å²) in [6, 6.07) is 15.4. The van der Waals surface area contributed by atoms with E-state index in [2.05, 4.69) is 10.4 Å². The maximum Gasteiger partial charge on any atom is 0.246 e. The zero-order valence-corrected chi connectivity index (χ0v) is 14.8. The number of hydrogen-bond acceptors (Lipinski definition) is 3. The van der Waals surface area contributed by atoms with Crippen molar-refractivity contribution < 1.29 is 9.18 Å². The minimum Gasteiger partial charge on any atom is -0.324 e. The van der Waals surface area contributed by atoms with Gasteiger partial charge in [0.1, 0.15) is 11.7 Å². The first-order valence-corrected chi connectivity index (χ1v) is 8.45. The summed E-state index contributed by atoms with van der Waals surface area (Å²) in [5.74, 6) is -0.654. The number of benzene rings is 2. The van der Waals surface area contributed by atoms with Gasteiger partial charge in [-0.15, -0.1) is 0 Å². The number of aromatic nitrogens is 2. The van der Waals surface area contributed by atoms with E-state index in [1.54, 1.807) is 30.6 Å². The van der Waals surface area contributed by atoms with Gasteiger partial charge in [-0.1, -0.05) is 37.3 Å². The van der Waals surface area contributed by atoms with Gasteiger partial charge in [0.2, 0.25) is 5.91 Å². The van der Waals surface area contributed by atoms with Crippen molar-refractivity contribution in [3.8, 4) is 5.69 Å². The molecule has 3 aromatic rings. The van der Waals surface area contributed by atoms with Crippen LogP contribution < -0.4 is 5.32 Å². The van der Waals surface area contributed by atoms with Crippen LogP contribution in [0.4, 0.5) is 10.1 Å². The summed E-state index contributed by atoms with van der Waals surface area (Å²) in [4.78, 5) is 14.8. The number of halogens is 1. The number of amides is 1. The molecule has 0 aliphatic carbocycles. The molecular weight excluding hydrogens is 331 g/mol. The molecule has 0 bridgehead atoms. The highest BCUT2D eigenvalue weighted by atomic mass is 19.1. The zero-order valence-electron chi connectivity index (χ0n) is 14.8. The van der Waals surface area contributed by atoms with E-state index < -0.39 is 11.9 Å². The fraction of sp³-hybridized carbons (Fsp3) is 0.200. The fourth-order valence-electron chi connectivity index (χ4n) is 2.82. The van der Waals surface area contributed by atoms with Gasteiger partial charge in [-0.3, -0.25) is 9.69 Å². The first-order chi connectivity index (χ1) is 12.6. The van der Waals surface area contributed by atoms with Crippen LogP contribution in [0.1, 0.15) is 18.5 Å². The average molecular weight is 352 g/mol. The summed E-state index contributed by atoms with van der Waals surface area (Å²) >= 11 is 0. The molecule has 6 heteroatoms. The molecule has 1 aromatic heterocycles. The van der Waals surface area contributed by atoms with Crippen molar-refractivity contribution in [1.82, 2.24) is 14.7 Å². The molecule has 0 radical (unpaired) electrons. The lowest BCUT2D eigenvalue weighted by Crippen LogP contribution is -2.34. The summed E-state index contributed by atoms with van der Waals surface area (Å²) in [7, 11) is 1.89. The maximum absolute atomic E-state index is 14.4. The second-order valence-corrected chi connectivity index (χ2v) is 5.99. The zero-order chi connectivity index (χ0) is 18.5. The topological polar surface area (TPSA) is 50.2 Å². The molecule has 0 unspecified atom stereocenters. The van der Waals surface area contributed by atoms with Crippen molar-refractivity contribution in [3.63, 3.8) is 0 Å². The summed E-state index contributed by atoms with van der Waals surface area (Å²) in [6.07, 6.45) is 3.25. The Morgan fingerprint density at radius 2 is 2.00 bits per heavy atom. The van der Waals surface area contributed by atoms with Crippen LogP contribution in [-0.2, 0) is 4.79 Å². The number of likely N-dealkylation sites (N-methyl/N-ethyl adjacent to an activating group) is 1. The third-order valence-corrected chi connectivity index (χ3v) is 4.27. The van der Waals surface area contributed by atoms with Crippen LogP contribution in [0.25, 0.3) is 5.69 Å². The molecule has 0 saturated heterocycles. The molecule has 1 atom stereocenters. The van der Waals surface area contributed by atoms with Crippen LogP contribution in [0.15, 0.2) is 67.0 Å². The number of hydrogen-bond donors (Lipinski definition) is 1. The lowest BCUT2D eigenvalue weighted by Gasteiger charge is -2.26. The second-order valence-electron chi connectivity index (χ2n) is 5.99. The van der Waals surface area contributed by atoms with E-state index in [9.17, 15) is 9.18 Å². The van der Waals surface area contributed by atoms with Crippen LogP contribution in [-0.4, -0.2) is 34.2 Å². The van der Waals surface area contributed by atoms with Crippen molar-refractivity contribution in [3.05, 3.63) is 78.4 Å².